The van der Waals surface area contributed by atoms with Crippen molar-refractivity contribution < 1.29 is 4.79 Å². The van der Waals surface area contributed by atoms with E-state index in [0.29, 0.717) is 12.1 Å². The van der Waals surface area contributed by atoms with Crippen molar-refractivity contribution in [2.24, 2.45) is 0 Å². The minimum atomic E-state index is -0.137. The molecular weight excluding hydrogens is 248 g/mol. The van der Waals surface area contributed by atoms with Gasteiger partial charge in [0.1, 0.15) is 5.15 Å². The maximum absolute atomic E-state index is 11.8. The van der Waals surface area contributed by atoms with E-state index in [0.717, 1.165) is 6.42 Å². The highest BCUT2D eigenvalue weighted by Gasteiger charge is 2.09. The van der Waals surface area contributed by atoms with Crippen LogP contribution in [0.15, 0.2) is 18.3 Å². The molecule has 0 radical (unpaired) electrons. The van der Waals surface area contributed by atoms with Crippen molar-refractivity contribution in [3.63, 3.8) is 0 Å². The summed E-state index contributed by atoms with van der Waals surface area (Å²) in [5.74, 6) is -0.137. The first-order chi connectivity index (χ1) is 8.75. The Morgan fingerprint density at radius 2 is 2.00 bits per heavy atom. The SMILES string of the molecule is CCCCCCCCNC(=O)c1cccnc1Cl. The minimum absolute atomic E-state index is 0.137. The Balaban J connectivity index is 2.16. The van der Waals surface area contributed by atoms with Gasteiger partial charge in [-0.05, 0) is 18.6 Å². The number of pyridine rings is 1. The van der Waals surface area contributed by atoms with Crippen molar-refractivity contribution in [2.45, 2.75) is 45.4 Å². The van der Waals surface area contributed by atoms with Crippen LogP contribution in [0.25, 0.3) is 0 Å². The number of hydrogen-bond donors (Lipinski definition) is 1. The Bertz CT molecular complexity index is 369. The highest BCUT2D eigenvalue weighted by molar-refractivity contribution is 6.32. The molecule has 0 atom stereocenters. The average Bonchev–Trinajstić information content (AvgIpc) is 2.38. The summed E-state index contributed by atoms with van der Waals surface area (Å²) < 4.78 is 0. The molecule has 1 aromatic rings. The Morgan fingerprint density at radius 1 is 1.28 bits per heavy atom. The van der Waals surface area contributed by atoms with Crippen molar-refractivity contribution in [3.05, 3.63) is 29.0 Å². The van der Waals surface area contributed by atoms with Crippen molar-refractivity contribution in [3.8, 4) is 0 Å². The smallest absolute Gasteiger partial charge is 0.254 e. The molecule has 1 aromatic heterocycles. The monoisotopic (exact) mass is 268 g/mol. The first-order valence-corrected chi connectivity index (χ1v) is 7.02. The van der Waals surface area contributed by atoms with E-state index in [1.54, 1.807) is 18.3 Å². The van der Waals surface area contributed by atoms with Crippen LogP contribution in [0.2, 0.25) is 5.15 Å². The number of rotatable bonds is 8. The molecule has 0 aliphatic rings. The Labute approximate surface area is 114 Å². The van der Waals surface area contributed by atoms with Crippen LogP contribution in [0.5, 0.6) is 0 Å². The minimum Gasteiger partial charge on any atom is -0.352 e. The predicted molar refractivity (Wildman–Crippen MR) is 75.0 cm³/mol. The predicted octanol–water partition coefficient (Wildman–Crippen LogP) is 3.83. The molecule has 0 saturated heterocycles. The van der Waals surface area contributed by atoms with Crippen LogP contribution in [0, 0.1) is 0 Å². The molecule has 4 heteroatoms. The van der Waals surface area contributed by atoms with Crippen LogP contribution in [0.4, 0.5) is 0 Å². The van der Waals surface area contributed by atoms with Crippen LogP contribution in [0.3, 0.4) is 0 Å². The number of amides is 1. The molecule has 0 bridgehead atoms. The number of unbranched alkanes of at least 4 members (excludes halogenated alkanes) is 5. The lowest BCUT2D eigenvalue weighted by Crippen LogP contribution is -2.24. The van der Waals surface area contributed by atoms with Gasteiger partial charge in [0.25, 0.3) is 5.91 Å². The lowest BCUT2D eigenvalue weighted by Gasteiger charge is -2.06. The lowest BCUT2D eigenvalue weighted by atomic mass is 10.1. The van der Waals surface area contributed by atoms with Crippen LogP contribution < -0.4 is 5.32 Å². The molecule has 0 unspecified atom stereocenters. The van der Waals surface area contributed by atoms with Crippen LogP contribution >= 0.6 is 11.6 Å². The fourth-order valence-corrected chi connectivity index (χ4v) is 1.96. The quantitative estimate of drug-likeness (QED) is 0.575. The van der Waals surface area contributed by atoms with Gasteiger partial charge in [-0.15, -0.1) is 0 Å². The molecule has 0 aromatic carbocycles. The molecule has 1 rings (SSSR count). The number of halogens is 1. The third kappa shape index (κ3) is 5.50. The summed E-state index contributed by atoms with van der Waals surface area (Å²) in [5.41, 5.74) is 0.449. The molecule has 18 heavy (non-hydrogen) atoms. The van der Waals surface area contributed by atoms with E-state index in [-0.39, 0.29) is 11.1 Å². The second-order valence-corrected chi connectivity index (χ2v) is 4.72. The summed E-state index contributed by atoms with van der Waals surface area (Å²) in [6.45, 7) is 2.91. The van der Waals surface area contributed by atoms with Crippen molar-refractivity contribution in [1.29, 1.82) is 0 Å². The van der Waals surface area contributed by atoms with Gasteiger partial charge in [0.05, 0.1) is 5.56 Å². The molecule has 1 heterocycles. The summed E-state index contributed by atoms with van der Waals surface area (Å²) in [4.78, 5) is 15.6. The third-order valence-corrected chi connectivity index (χ3v) is 3.12. The molecule has 0 fully saturated rings. The highest BCUT2D eigenvalue weighted by Crippen LogP contribution is 2.11. The van der Waals surface area contributed by atoms with Crippen molar-refractivity contribution in [1.82, 2.24) is 10.3 Å². The maximum atomic E-state index is 11.8. The summed E-state index contributed by atoms with van der Waals surface area (Å²) in [5, 5.41) is 3.13. The fraction of sp³-hybridized carbons (Fsp3) is 0.571. The normalized spacial score (nSPS) is 10.3. The van der Waals surface area contributed by atoms with E-state index in [9.17, 15) is 4.79 Å². The van der Waals surface area contributed by atoms with Gasteiger partial charge in [-0.2, -0.15) is 0 Å². The molecule has 100 valence electrons. The second-order valence-electron chi connectivity index (χ2n) is 4.37. The first kappa shape index (κ1) is 15.0. The average molecular weight is 269 g/mol. The Morgan fingerprint density at radius 3 is 2.72 bits per heavy atom. The van der Waals surface area contributed by atoms with Gasteiger partial charge in [0.2, 0.25) is 0 Å². The molecule has 0 aliphatic heterocycles. The van der Waals surface area contributed by atoms with E-state index in [4.69, 9.17) is 11.6 Å². The lowest BCUT2D eigenvalue weighted by molar-refractivity contribution is 0.0952. The molecule has 1 amide bonds. The van der Waals surface area contributed by atoms with E-state index in [1.165, 1.54) is 32.1 Å². The zero-order valence-electron chi connectivity index (χ0n) is 10.9. The zero-order valence-corrected chi connectivity index (χ0v) is 11.7. The van der Waals surface area contributed by atoms with E-state index < -0.39 is 0 Å². The summed E-state index contributed by atoms with van der Waals surface area (Å²) in [6, 6.07) is 3.40. The summed E-state index contributed by atoms with van der Waals surface area (Å²) in [6.07, 6.45) is 8.87. The van der Waals surface area contributed by atoms with Gasteiger partial charge in [0.15, 0.2) is 0 Å². The topological polar surface area (TPSA) is 42.0 Å². The van der Waals surface area contributed by atoms with Crippen molar-refractivity contribution in [2.75, 3.05) is 6.54 Å². The van der Waals surface area contributed by atoms with Gasteiger partial charge >= 0.3 is 0 Å². The molecule has 0 spiro atoms. The number of nitrogens with one attached hydrogen (secondary N) is 1. The van der Waals surface area contributed by atoms with Crippen molar-refractivity contribution >= 4 is 17.5 Å². The second kappa shape index (κ2) is 8.92. The number of carbonyl (C=O) groups excluding carboxylic acids is 1. The van der Waals surface area contributed by atoms with Gasteiger partial charge in [-0.1, -0.05) is 50.6 Å². The summed E-state index contributed by atoms with van der Waals surface area (Å²) in [7, 11) is 0. The maximum Gasteiger partial charge on any atom is 0.254 e. The summed E-state index contributed by atoms with van der Waals surface area (Å²) >= 11 is 5.84. The fourth-order valence-electron chi connectivity index (χ4n) is 1.76. The molecule has 0 saturated carbocycles. The van der Waals surface area contributed by atoms with E-state index in [2.05, 4.69) is 17.2 Å². The van der Waals surface area contributed by atoms with E-state index >= 15 is 0 Å². The molecular formula is C14H21ClN2O. The number of carbonyl (C=O) groups is 1. The Hall–Kier alpha value is -1.09. The van der Waals surface area contributed by atoms with Gasteiger partial charge in [0, 0.05) is 12.7 Å². The molecule has 3 nitrogen and oxygen atoms in total. The molecule has 0 aliphatic carbocycles. The highest BCUT2D eigenvalue weighted by atomic mass is 35.5. The van der Waals surface area contributed by atoms with E-state index in [1.807, 2.05) is 0 Å². The number of aromatic nitrogens is 1. The van der Waals surface area contributed by atoms with Gasteiger partial charge in [-0.25, -0.2) is 4.98 Å². The zero-order chi connectivity index (χ0) is 13.2. The Kier molecular flexibility index (Phi) is 7.42. The van der Waals surface area contributed by atoms with Gasteiger partial charge in [-0.3, -0.25) is 4.79 Å². The van der Waals surface area contributed by atoms with Crippen LogP contribution in [-0.4, -0.2) is 17.4 Å². The number of nitrogens with zero attached hydrogens (tertiary/aromatic N) is 1. The first-order valence-electron chi connectivity index (χ1n) is 6.64. The molecule has 1 N–H and O–H groups in total. The third-order valence-electron chi connectivity index (χ3n) is 2.82. The van der Waals surface area contributed by atoms with Gasteiger partial charge < -0.3 is 5.32 Å². The van der Waals surface area contributed by atoms with Crippen LogP contribution in [0.1, 0.15) is 55.8 Å². The standard InChI is InChI=1S/C14H21ClN2O/c1-2-3-4-5-6-7-10-17-14(18)12-9-8-11-16-13(12)15/h8-9,11H,2-7,10H2,1H3,(H,17,18). The largest absolute Gasteiger partial charge is 0.352 e. The number of hydrogen-bond acceptors (Lipinski definition) is 2. The van der Waals surface area contributed by atoms with Crippen LogP contribution in [-0.2, 0) is 0 Å².